The van der Waals surface area contributed by atoms with E-state index in [-0.39, 0.29) is 18.2 Å². The molecule has 0 aliphatic rings. The molecule has 1 amide bonds. The molecule has 0 saturated carbocycles. The average Bonchev–Trinajstić information content (AvgIpc) is 2.93. The predicted molar refractivity (Wildman–Crippen MR) is 93.4 cm³/mol. The highest BCUT2D eigenvalue weighted by Crippen LogP contribution is 2.29. The molecule has 0 saturated heterocycles. The molecule has 1 aromatic heterocycles. The van der Waals surface area contributed by atoms with Crippen molar-refractivity contribution < 1.29 is 14.3 Å². The summed E-state index contributed by atoms with van der Waals surface area (Å²) < 4.78 is 5.09. The first-order valence-electron chi connectivity index (χ1n) is 7.76. The van der Waals surface area contributed by atoms with Crippen LogP contribution in [0, 0.1) is 6.92 Å². The van der Waals surface area contributed by atoms with E-state index in [2.05, 4.69) is 10.3 Å². The van der Waals surface area contributed by atoms with Crippen LogP contribution in [0.4, 0.5) is 5.69 Å². The van der Waals surface area contributed by atoms with Gasteiger partial charge in [0.05, 0.1) is 12.3 Å². The largest absolute Gasteiger partial charge is 0.461 e. The van der Waals surface area contributed by atoms with Gasteiger partial charge in [0, 0.05) is 16.5 Å². The Morgan fingerprint density at radius 3 is 2.58 bits per heavy atom. The van der Waals surface area contributed by atoms with Gasteiger partial charge in [-0.1, -0.05) is 30.3 Å². The van der Waals surface area contributed by atoms with Crippen LogP contribution in [-0.4, -0.2) is 23.5 Å². The molecule has 3 rings (SSSR count). The summed E-state index contributed by atoms with van der Waals surface area (Å²) in [5, 5.41) is 3.61. The second-order valence-electron chi connectivity index (χ2n) is 5.46. The molecule has 2 aromatic carbocycles. The van der Waals surface area contributed by atoms with Crippen LogP contribution in [0.1, 0.15) is 33.3 Å². The van der Waals surface area contributed by atoms with Gasteiger partial charge in [-0.25, -0.2) is 4.79 Å². The van der Waals surface area contributed by atoms with E-state index in [4.69, 9.17) is 4.74 Å². The molecule has 1 heterocycles. The maximum absolute atomic E-state index is 12.5. The zero-order valence-corrected chi connectivity index (χ0v) is 13.6. The molecule has 0 bridgehead atoms. The second kappa shape index (κ2) is 6.58. The van der Waals surface area contributed by atoms with Gasteiger partial charge in [-0.2, -0.15) is 0 Å². The van der Waals surface area contributed by atoms with Gasteiger partial charge in [0.15, 0.2) is 0 Å². The Labute approximate surface area is 139 Å². The summed E-state index contributed by atoms with van der Waals surface area (Å²) in [6, 6.07) is 14.6. The number of nitrogens with one attached hydrogen (secondary N) is 2. The summed E-state index contributed by atoms with van der Waals surface area (Å²) >= 11 is 0. The summed E-state index contributed by atoms with van der Waals surface area (Å²) in [7, 11) is 0. The highest BCUT2D eigenvalue weighted by molar-refractivity contribution is 6.14. The van der Waals surface area contributed by atoms with Crippen LogP contribution in [0.25, 0.3) is 10.9 Å². The zero-order chi connectivity index (χ0) is 17.1. The molecule has 0 aliphatic heterocycles. The first kappa shape index (κ1) is 15.8. The lowest BCUT2D eigenvalue weighted by molar-refractivity contribution is 0.0522. The molecule has 2 N–H and O–H groups in total. The highest BCUT2D eigenvalue weighted by atomic mass is 16.5. The fourth-order valence-corrected chi connectivity index (χ4v) is 2.57. The van der Waals surface area contributed by atoms with Crippen molar-refractivity contribution in [1.29, 1.82) is 0 Å². The number of aromatic nitrogens is 1. The number of esters is 1. The van der Waals surface area contributed by atoms with Gasteiger partial charge < -0.3 is 15.0 Å². The fourth-order valence-electron chi connectivity index (χ4n) is 2.57. The average molecular weight is 322 g/mol. The number of amides is 1. The van der Waals surface area contributed by atoms with Gasteiger partial charge in [-0.15, -0.1) is 0 Å². The van der Waals surface area contributed by atoms with Crippen molar-refractivity contribution in [1.82, 2.24) is 4.98 Å². The topological polar surface area (TPSA) is 71.2 Å². The van der Waals surface area contributed by atoms with E-state index in [0.29, 0.717) is 11.3 Å². The van der Waals surface area contributed by atoms with Gasteiger partial charge >= 0.3 is 5.97 Å². The summed E-state index contributed by atoms with van der Waals surface area (Å²) in [6.45, 7) is 3.97. The Hall–Kier alpha value is -3.08. The van der Waals surface area contributed by atoms with E-state index in [1.54, 1.807) is 31.2 Å². The molecular weight excluding hydrogens is 304 g/mol. The van der Waals surface area contributed by atoms with E-state index in [1.807, 2.05) is 31.2 Å². The number of ether oxygens (including phenoxy) is 1. The van der Waals surface area contributed by atoms with E-state index in [0.717, 1.165) is 16.5 Å². The molecule has 0 atom stereocenters. The van der Waals surface area contributed by atoms with E-state index in [9.17, 15) is 9.59 Å². The van der Waals surface area contributed by atoms with E-state index in [1.165, 1.54) is 0 Å². The summed E-state index contributed by atoms with van der Waals surface area (Å²) in [5.41, 5.74) is 3.05. The molecule has 24 heavy (non-hydrogen) atoms. The Kier molecular flexibility index (Phi) is 4.33. The normalized spacial score (nSPS) is 10.6. The van der Waals surface area contributed by atoms with Crippen LogP contribution in [-0.2, 0) is 4.74 Å². The van der Waals surface area contributed by atoms with Crippen LogP contribution in [0.2, 0.25) is 0 Å². The summed E-state index contributed by atoms with van der Waals surface area (Å²) in [6.07, 6.45) is 0. The molecule has 5 nitrogen and oxygen atoms in total. The van der Waals surface area contributed by atoms with Crippen LogP contribution in [0.15, 0.2) is 48.5 Å². The minimum Gasteiger partial charge on any atom is -0.461 e. The molecule has 0 unspecified atom stereocenters. The first-order valence-corrected chi connectivity index (χ1v) is 7.76. The lowest BCUT2D eigenvalue weighted by atomic mass is 10.1. The molecular formula is C19H18N2O3. The number of aryl methyl sites for hydroxylation is 1. The van der Waals surface area contributed by atoms with Gasteiger partial charge in [-0.3, -0.25) is 4.79 Å². The van der Waals surface area contributed by atoms with Crippen LogP contribution < -0.4 is 5.32 Å². The van der Waals surface area contributed by atoms with Crippen molar-refractivity contribution in [2.45, 2.75) is 13.8 Å². The number of aromatic amines is 1. The Morgan fingerprint density at radius 2 is 1.88 bits per heavy atom. The third-order valence-corrected chi connectivity index (χ3v) is 3.71. The number of hydrogen-bond acceptors (Lipinski definition) is 3. The third-order valence-electron chi connectivity index (χ3n) is 3.71. The minimum absolute atomic E-state index is 0.252. The monoisotopic (exact) mass is 322 g/mol. The van der Waals surface area contributed by atoms with Crippen molar-refractivity contribution in [3.8, 4) is 0 Å². The Balaban J connectivity index is 2.05. The number of rotatable bonds is 4. The highest BCUT2D eigenvalue weighted by Gasteiger charge is 2.21. The molecule has 3 aromatic rings. The number of carbonyl (C=O) groups is 2. The van der Waals surface area contributed by atoms with Crippen LogP contribution in [0.5, 0.6) is 0 Å². The Morgan fingerprint density at radius 1 is 1.12 bits per heavy atom. The van der Waals surface area contributed by atoms with Crippen LogP contribution in [0.3, 0.4) is 0 Å². The number of carbonyl (C=O) groups excluding carboxylic acids is 2. The zero-order valence-electron chi connectivity index (χ0n) is 13.6. The standard InChI is InChI=1S/C19H18N2O3/c1-3-24-19(23)17-16(14-10-9-12(2)11-15(14)20-17)21-18(22)13-7-5-4-6-8-13/h4-11,20H,3H2,1-2H3,(H,21,22). The fraction of sp³-hybridized carbons (Fsp3) is 0.158. The molecule has 0 fully saturated rings. The molecule has 0 spiro atoms. The van der Waals surface area contributed by atoms with Crippen molar-refractivity contribution in [2.75, 3.05) is 11.9 Å². The third kappa shape index (κ3) is 3.01. The molecule has 0 radical (unpaired) electrons. The molecule has 122 valence electrons. The van der Waals surface area contributed by atoms with E-state index >= 15 is 0 Å². The lowest BCUT2D eigenvalue weighted by Crippen LogP contribution is -2.15. The smallest absolute Gasteiger partial charge is 0.356 e. The SMILES string of the molecule is CCOC(=O)c1[nH]c2cc(C)ccc2c1NC(=O)c1ccccc1. The number of H-pyrrole nitrogens is 1. The number of hydrogen-bond donors (Lipinski definition) is 2. The second-order valence-corrected chi connectivity index (χ2v) is 5.46. The lowest BCUT2D eigenvalue weighted by Gasteiger charge is -2.07. The van der Waals surface area contributed by atoms with Gasteiger partial charge in [-0.05, 0) is 37.6 Å². The van der Waals surface area contributed by atoms with Gasteiger partial charge in [0.1, 0.15) is 5.69 Å². The molecule has 0 aliphatic carbocycles. The van der Waals surface area contributed by atoms with E-state index < -0.39 is 5.97 Å². The Bertz CT molecular complexity index is 898. The van der Waals surface area contributed by atoms with Crippen molar-refractivity contribution in [3.63, 3.8) is 0 Å². The van der Waals surface area contributed by atoms with Crippen molar-refractivity contribution >= 4 is 28.5 Å². The van der Waals surface area contributed by atoms with Crippen LogP contribution >= 0.6 is 0 Å². The maximum atomic E-state index is 12.5. The number of fused-ring (bicyclic) bond motifs is 1. The van der Waals surface area contributed by atoms with Gasteiger partial charge in [0.2, 0.25) is 0 Å². The van der Waals surface area contributed by atoms with Crippen molar-refractivity contribution in [3.05, 3.63) is 65.4 Å². The predicted octanol–water partition coefficient (Wildman–Crippen LogP) is 3.91. The maximum Gasteiger partial charge on any atom is 0.356 e. The molecule has 5 heteroatoms. The van der Waals surface area contributed by atoms with Gasteiger partial charge in [0.25, 0.3) is 5.91 Å². The first-order chi connectivity index (χ1) is 11.6. The van der Waals surface area contributed by atoms with Crippen molar-refractivity contribution in [2.24, 2.45) is 0 Å². The summed E-state index contributed by atoms with van der Waals surface area (Å²) in [5.74, 6) is -0.766. The number of benzene rings is 2. The summed E-state index contributed by atoms with van der Waals surface area (Å²) in [4.78, 5) is 27.8. The number of anilines is 1. The quantitative estimate of drug-likeness (QED) is 0.716. The minimum atomic E-state index is -0.491.